The van der Waals surface area contributed by atoms with Gasteiger partial charge in [0, 0.05) is 30.8 Å². The Morgan fingerprint density at radius 2 is 2.19 bits per heavy atom. The molecule has 0 unspecified atom stereocenters. The molecule has 0 aliphatic carbocycles. The van der Waals surface area contributed by atoms with Gasteiger partial charge < -0.3 is 15.4 Å². The van der Waals surface area contributed by atoms with E-state index in [1.807, 2.05) is 0 Å². The average Bonchev–Trinajstić information content (AvgIpc) is 3.42. The van der Waals surface area contributed by atoms with E-state index >= 15 is 0 Å². The molecule has 2 saturated heterocycles. The molecule has 3 aliphatic heterocycles. The zero-order valence-electron chi connectivity index (χ0n) is 16.5. The Hall–Kier alpha value is -3.31. The second-order valence-electron chi connectivity index (χ2n) is 7.85. The molecule has 0 aromatic carbocycles. The van der Waals surface area contributed by atoms with E-state index in [1.165, 1.54) is 12.3 Å². The first-order valence-corrected chi connectivity index (χ1v) is 10.3. The highest BCUT2D eigenvalue weighted by Crippen LogP contribution is 2.38. The summed E-state index contributed by atoms with van der Waals surface area (Å²) in [7, 11) is 0. The predicted octanol–water partition coefficient (Wildman–Crippen LogP) is 0.999. The van der Waals surface area contributed by atoms with Crippen molar-refractivity contribution in [1.29, 1.82) is 0 Å². The minimum absolute atomic E-state index is 0.247. The molecular formula is C20H20FN7O3. The van der Waals surface area contributed by atoms with E-state index in [0.717, 1.165) is 12.7 Å². The standard InChI is InChI=1S/C20H20FN7O3/c21-11-7-12-15-3-6-30-28(15)17-2-5-27-18(26-17)13(9-24-27)19(29)25-14-1-4-22-10-16(14)31-20(12)23-8-11/h2,5,7-9,14-16,22H,1,3-4,6,10H2,(H,25,29)/t14-,15+,16+/m1/s1. The molecule has 31 heavy (non-hydrogen) atoms. The Balaban J connectivity index is 1.54. The lowest BCUT2D eigenvalue weighted by molar-refractivity contribution is 0.0813. The first kappa shape index (κ1) is 18.5. The van der Waals surface area contributed by atoms with Crippen molar-refractivity contribution in [2.24, 2.45) is 0 Å². The molecule has 160 valence electrons. The number of hydrogen-bond acceptors (Lipinski definition) is 8. The second kappa shape index (κ2) is 7.13. The molecule has 11 heteroatoms. The van der Waals surface area contributed by atoms with Crippen molar-refractivity contribution in [1.82, 2.24) is 30.2 Å². The van der Waals surface area contributed by atoms with Crippen molar-refractivity contribution in [2.75, 3.05) is 24.8 Å². The lowest BCUT2D eigenvalue weighted by Crippen LogP contribution is -2.55. The number of fused-ring (bicyclic) bond motifs is 6. The Kier molecular flexibility index (Phi) is 4.25. The summed E-state index contributed by atoms with van der Waals surface area (Å²) in [5.41, 5.74) is 1.38. The number of anilines is 1. The normalized spacial score (nSPS) is 25.5. The van der Waals surface area contributed by atoms with Gasteiger partial charge in [0.2, 0.25) is 5.88 Å². The third kappa shape index (κ3) is 3.08. The van der Waals surface area contributed by atoms with Gasteiger partial charge in [-0.2, -0.15) is 5.10 Å². The second-order valence-corrected chi connectivity index (χ2v) is 7.85. The van der Waals surface area contributed by atoms with Crippen molar-refractivity contribution < 1.29 is 18.8 Å². The van der Waals surface area contributed by atoms with Gasteiger partial charge in [-0.15, -0.1) is 0 Å². The maximum atomic E-state index is 14.2. The number of carbonyl (C=O) groups excluding carboxylic acids is 1. The summed E-state index contributed by atoms with van der Waals surface area (Å²) in [6.45, 7) is 1.72. The minimum Gasteiger partial charge on any atom is -0.471 e. The topological polar surface area (TPSA) is 106 Å². The Morgan fingerprint density at radius 1 is 1.26 bits per heavy atom. The number of hydroxylamine groups is 1. The van der Waals surface area contributed by atoms with Gasteiger partial charge in [0.05, 0.1) is 31.1 Å². The first-order valence-electron chi connectivity index (χ1n) is 10.3. The Labute approximate surface area is 176 Å². The number of halogens is 1. The maximum Gasteiger partial charge on any atom is 0.257 e. The minimum atomic E-state index is -0.452. The number of nitrogens with zero attached hydrogens (tertiary/aromatic N) is 5. The smallest absolute Gasteiger partial charge is 0.257 e. The van der Waals surface area contributed by atoms with Crippen molar-refractivity contribution in [3.05, 3.63) is 47.7 Å². The Bertz CT molecular complexity index is 1170. The number of hydrogen-bond donors (Lipinski definition) is 2. The van der Waals surface area contributed by atoms with Crippen LogP contribution in [0.3, 0.4) is 0 Å². The molecule has 3 aromatic heterocycles. The van der Waals surface area contributed by atoms with E-state index in [0.29, 0.717) is 54.5 Å². The molecule has 0 spiro atoms. The zero-order valence-corrected chi connectivity index (χ0v) is 16.5. The van der Waals surface area contributed by atoms with Crippen LogP contribution >= 0.6 is 0 Å². The number of carbonyl (C=O) groups is 1. The van der Waals surface area contributed by atoms with Crippen molar-refractivity contribution >= 4 is 17.4 Å². The molecule has 6 rings (SSSR count). The van der Waals surface area contributed by atoms with E-state index in [-0.39, 0.29) is 24.1 Å². The molecule has 3 aliphatic rings. The highest BCUT2D eigenvalue weighted by molar-refractivity contribution is 6.00. The van der Waals surface area contributed by atoms with Crippen molar-refractivity contribution in [2.45, 2.75) is 31.0 Å². The lowest BCUT2D eigenvalue weighted by Gasteiger charge is -2.33. The summed E-state index contributed by atoms with van der Waals surface area (Å²) in [6, 6.07) is 2.60. The van der Waals surface area contributed by atoms with Crippen LogP contribution in [-0.2, 0) is 4.84 Å². The largest absolute Gasteiger partial charge is 0.471 e. The van der Waals surface area contributed by atoms with E-state index in [1.54, 1.807) is 21.8 Å². The van der Waals surface area contributed by atoms with Gasteiger partial charge in [0.15, 0.2) is 11.5 Å². The van der Waals surface area contributed by atoms with Crippen LogP contribution in [0.1, 0.15) is 34.8 Å². The summed E-state index contributed by atoms with van der Waals surface area (Å²) in [4.78, 5) is 27.8. The van der Waals surface area contributed by atoms with Crippen LogP contribution in [0, 0.1) is 5.82 Å². The molecule has 0 radical (unpaired) electrons. The number of amides is 1. The predicted molar refractivity (Wildman–Crippen MR) is 106 cm³/mol. The summed E-state index contributed by atoms with van der Waals surface area (Å²) < 4.78 is 22.0. The molecule has 2 bridgehead atoms. The maximum absolute atomic E-state index is 14.2. The summed E-state index contributed by atoms with van der Waals surface area (Å²) in [6.07, 6.45) is 5.30. The van der Waals surface area contributed by atoms with Crippen LogP contribution in [-0.4, -0.2) is 57.3 Å². The molecule has 1 amide bonds. The van der Waals surface area contributed by atoms with Crippen molar-refractivity contribution in [3.63, 3.8) is 0 Å². The fraction of sp³-hybridized carbons (Fsp3) is 0.400. The highest BCUT2D eigenvalue weighted by atomic mass is 19.1. The van der Waals surface area contributed by atoms with Crippen LogP contribution in [0.25, 0.3) is 5.65 Å². The van der Waals surface area contributed by atoms with Crippen LogP contribution in [0.15, 0.2) is 30.7 Å². The number of aromatic nitrogens is 4. The van der Waals surface area contributed by atoms with Gasteiger partial charge in [0.25, 0.3) is 5.91 Å². The molecule has 10 nitrogen and oxygen atoms in total. The number of piperidine rings is 1. The fourth-order valence-corrected chi connectivity index (χ4v) is 4.41. The quantitative estimate of drug-likeness (QED) is 0.550. The van der Waals surface area contributed by atoms with Gasteiger partial charge in [-0.05, 0) is 19.0 Å². The molecule has 3 atom stereocenters. The van der Waals surface area contributed by atoms with Gasteiger partial charge in [0.1, 0.15) is 17.5 Å². The van der Waals surface area contributed by atoms with Gasteiger partial charge in [-0.25, -0.2) is 23.9 Å². The molecule has 2 fully saturated rings. The van der Waals surface area contributed by atoms with Crippen molar-refractivity contribution in [3.8, 4) is 5.88 Å². The molecule has 0 saturated carbocycles. The van der Waals surface area contributed by atoms with E-state index in [4.69, 9.17) is 9.57 Å². The molecule has 3 aromatic rings. The first-order chi connectivity index (χ1) is 15.2. The number of pyridine rings is 1. The van der Waals surface area contributed by atoms with E-state index in [2.05, 4.69) is 25.7 Å². The monoisotopic (exact) mass is 425 g/mol. The molecular weight excluding hydrogens is 405 g/mol. The number of nitrogens with one attached hydrogen (secondary N) is 2. The summed E-state index contributed by atoms with van der Waals surface area (Å²) in [5, 5.41) is 12.2. The van der Waals surface area contributed by atoms with Gasteiger partial charge in [-0.3, -0.25) is 9.63 Å². The number of rotatable bonds is 0. The molecule has 6 heterocycles. The van der Waals surface area contributed by atoms with Crippen LogP contribution in [0.5, 0.6) is 5.88 Å². The van der Waals surface area contributed by atoms with E-state index in [9.17, 15) is 9.18 Å². The summed E-state index contributed by atoms with van der Waals surface area (Å²) in [5.74, 6) is 0.105. The van der Waals surface area contributed by atoms with Crippen LogP contribution in [0.4, 0.5) is 10.2 Å². The van der Waals surface area contributed by atoms with Crippen LogP contribution < -0.4 is 20.4 Å². The summed E-state index contributed by atoms with van der Waals surface area (Å²) >= 11 is 0. The lowest BCUT2D eigenvalue weighted by atomic mass is 10.0. The Morgan fingerprint density at radius 3 is 3.13 bits per heavy atom. The van der Waals surface area contributed by atoms with Gasteiger partial charge in [-0.1, -0.05) is 0 Å². The zero-order chi connectivity index (χ0) is 20.9. The highest BCUT2D eigenvalue weighted by Gasteiger charge is 2.36. The number of ether oxygens (including phenoxy) is 1. The third-order valence-corrected chi connectivity index (χ3v) is 5.94. The van der Waals surface area contributed by atoms with Gasteiger partial charge >= 0.3 is 0 Å². The molecule has 2 N–H and O–H groups in total. The fourth-order valence-electron chi connectivity index (χ4n) is 4.41. The SMILES string of the molecule is O=C1N[C@@H]2CCNC[C@@H]2Oc2ncc(F)cc2[C@@H]2CCON2c2ccn3ncc1c3n2. The van der Waals surface area contributed by atoms with Crippen LogP contribution in [0.2, 0.25) is 0 Å². The van der Waals surface area contributed by atoms with E-state index < -0.39 is 5.82 Å². The average molecular weight is 425 g/mol. The third-order valence-electron chi connectivity index (χ3n) is 5.94.